The number of methoxy groups -OCH3 is 1. The maximum atomic E-state index is 13.4. The maximum absolute atomic E-state index is 13.4. The second-order valence-corrected chi connectivity index (χ2v) is 9.18. The lowest BCUT2D eigenvalue weighted by Gasteiger charge is -2.32. The number of hydrogen-bond donors (Lipinski definition) is 1. The summed E-state index contributed by atoms with van der Waals surface area (Å²) in [6.45, 7) is 5.86. The van der Waals surface area contributed by atoms with Crippen LogP contribution in [0, 0.1) is 6.92 Å². The van der Waals surface area contributed by atoms with Gasteiger partial charge in [-0.3, -0.25) is 19.5 Å². The fourth-order valence-electron chi connectivity index (χ4n) is 4.30. The summed E-state index contributed by atoms with van der Waals surface area (Å²) >= 11 is 1.29. The molecule has 0 radical (unpaired) electrons. The lowest BCUT2D eigenvalue weighted by atomic mass is 10.1. The molecule has 2 aromatic heterocycles. The lowest BCUT2D eigenvalue weighted by molar-refractivity contribution is 0.0980. The van der Waals surface area contributed by atoms with Crippen molar-refractivity contribution < 1.29 is 14.3 Å². The molecule has 176 valence electrons. The molecule has 0 saturated carbocycles. The Hall–Kier alpha value is -3.50. The molecule has 0 atom stereocenters. The van der Waals surface area contributed by atoms with Crippen molar-refractivity contribution >= 4 is 39.7 Å². The van der Waals surface area contributed by atoms with Gasteiger partial charge in [-0.25, -0.2) is 4.98 Å². The third-order valence-corrected chi connectivity index (χ3v) is 7.04. The molecule has 0 bridgehead atoms. The first kappa shape index (κ1) is 22.3. The Balaban J connectivity index is 1.38. The van der Waals surface area contributed by atoms with Crippen molar-refractivity contribution in [1.82, 2.24) is 15.3 Å². The highest BCUT2D eigenvalue weighted by Gasteiger charge is 2.32. The summed E-state index contributed by atoms with van der Waals surface area (Å²) in [4.78, 5) is 40.7. The van der Waals surface area contributed by atoms with E-state index < -0.39 is 0 Å². The van der Waals surface area contributed by atoms with Crippen LogP contribution in [-0.4, -0.2) is 62.1 Å². The number of anilines is 3. The number of pyridine rings is 1. The maximum Gasteiger partial charge on any atom is 0.277 e. The molecule has 1 saturated heterocycles. The zero-order valence-electron chi connectivity index (χ0n) is 19.4. The summed E-state index contributed by atoms with van der Waals surface area (Å²) < 4.78 is 5.28. The topological polar surface area (TPSA) is 90.9 Å². The number of nitrogens with one attached hydrogen (secondary N) is 1. The summed E-state index contributed by atoms with van der Waals surface area (Å²) in [5, 5.41) is 5.56. The van der Waals surface area contributed by atoms with E-state index in [1.165, 1.54) is 11.3 Å². The zero-order valence-corrected chi connectivity index (χ0v) is 20.2. The van der Waals surface area contributed by atoms with Crippen molar-refractivity contribution in [1.29, 1.82) is 0 Å². The molecule has 2 aliphatic heterocycles. The van der Waals surface area contributed by atoms with Gasteiger partial charge >= 0.3 is 0 Å². The van der Waals surface area contributed by atoms with Crippen LogP contribution in [0.25, 0.3) is 0 Å². The number of piperazine rings is 1. The number of thiazole rings is 1. The lowest BCUT2D eigenvalue weighted by Crippen LogP contribution is -2.44. The summed E-state index contributed by atoms with van der Waals surface area (Å²) in [6, 6.07) is 7.43. The van der Waals surface area contributed by atoms with Crippen LogP contribution in [0.2, 0.25) is 0 Å². The SMILES string of the molecule is COc1ccc2c(c1)CN(c1nc(C(=O)N(C)c3cnc(C)cc3N3CCNCC3)cs1)C2=O. The standard InChI is InChI=1S/C24H26N6O3S/c1-15-10-20(29-8-6-25-7-9-29)21(12-26-15)28(2)23(32)19-14-34-24(27-19)30-13-16-11-17(33-3)4-5-18(16)22(30)31/h4-5,10-12,14,25H,6-9,13H2,1-3H3. The molecule has 2 amide bonds. The average Bonchev–Trinajstić information content (AvgIpc) is 3.48. The Kier molecular flexibility index (Phi) is 5.93. The number of nitrogens with zero attached hydrogens (tertiary/aromatic N) is 5. The Morgan fingerprint density at radius 1 is 1.24 bits per heavy atom. The van der Waals surface area contributed by atoms with E-state index in [4.69, 9.17) is 4.74 Å². The number of carbonyl (C=O) groups excluding carboxylic acids is 2. The van der Waals surface area contributed by atoms with Gasteiger partial charge in [0.25, 0.3) is 11.8 Å². The molecular formula is C24H26N6O3S. The van der Waals surface area contributed by atoms with E-state index in [1.807, 2.05) is 19.1 Å². The summed E-state index contributed by atoms with van der Waals surface area (Å²) in [5.74, 6) is 0.343. The molecule has 0 aliphatic carbocycles. The highest BCUT2D eigenvalue weighted by Crippen LogP contribution is 2.34. The van der Waals surface area contributed by atoms with Crippen molar-refractivity contribution in [3.63, 3.8) is 0 Å². The molecule has 1 N–H and O–H groups in total. The van der Waals surface area contributed by atoms with Crippen molar-refractivity contribution in [2.24, 2.45) is 0 Å². The third-order valence-electron chi connectivity index (χ3n) is 6.18. The number of ether oxygens (including phenoxy) is 1. The number of aromatic nitrogens is 2. The number of aryl methyl sites for hydroxylation is 1. The Morgan fingerprint density at radius 3 is 2.79 bits per heavy atom. The molecule has 2 aliphatic rings. The highest BCUT2D eigenvalue weighted by molar-refractivity contribution is 7.14. The van der Waals surface area contributed by atoms with Gasteiger partial charge in [-0.1, -0.05) is 0 Å². The summed E-state index contributed by atoms with van der Waals surface area (Å²) in [7, 11) is 3.34. The van der Waals surface area contributed by atoms with E-state index >= 15 is 0 Å². The van der Waals surface area contributed by atoms with Crippen molar-refractivity contribution in [2.75, 3.05) is 55.0 Å². The van der Waals surface area contributed by atoms with Gasteiger partial charge in [0.1, 0.15) is 11.4 Å². The fraction of sp³-hybridized carbons (Fsp3) is 0.333. The minimum Gasteiger partial charge on any atom is -0.497 e. The van der Waals surface area contributed by atoms with Crippen LogP contribution in [0.5, 0.6) is 5.75 Å². The van der Waals surface area contributed by atoms with Crippen LogP contribution in [-0.2, 0) is 6.54 Å². The summed E-state index contributed by atoms with van der Waals surface area (Å²) in [5.41, 5.74) is 4.44. The quantitative estimate of drug-likeness (QED) is 0.603. The number of amides is 2. The molecular weight excluding hydrogens is 452 g/mol. The largest absolute Gasteiger partial charge is 0.497 e. The predicted octanol–water partition coefficient (Wildman–Crippen LogP) is 2.70. The summed E-state index contributed by atoms with van der Waals surface area (Å²) in [6.07, 6.45) is 1.74. The van der Waals surface area contributed by atoms with Crippen LogP contribution < -0.4 is 24.8 Å². The Morgan fingerprint density at radius 2 is 2.03 bits per heavy atom. The van der Waals surface area contributed by atoms with Gasteiger partial charge in [0.2, 0.25) is 0 Å². The van der Waals surface area contributed by atoms with E-state index in [0.717, 1.165) is 48.8 Å². The molecule has 4 heterocycles. The van der Waals surface area contributed by atoms with Crippen LogP contribution in [0.4, 0.5) is 16.5 Å². The number of rotatable bonds is 5. The average molecular weight is 479 g/mol. The van der Waals surface area contributed by atoms with Crippen molar-refractivity contribution in [3.05, 3.63) is 58.4 Å². The number of fused-ring (bicyclic) bond motifs is 1. The Bertz CT molecular complexity index is 1250. The Labute approximate surface area is 202 Å². The van der Waals surface area contributed by atoms with Crippen LogP contribution in [0.15, 0.2) is 35.8 Å². The first-order chi connectivity index (χ1) is 16.5. The van der Waals surface area contributed by atoms with Crippen LogP contribution in [0.3, 0.4) is 0 Å². The fourth-order valence-corrected chi connectivity index (χ4v) is 5.10. The molecule has 9 nitrogen and oxygen atoms in total. The van der Waals surface area contributed by atoms with Gasteiger partial charge in [-0.05, 0) is 36.8 Å². The molecule has 1 aromatic carbocycles. The van der Waals surface area contributed by atoms with E-state index in [1.54, 1.807) is 47.7 Å². The molecule has 3 aromatic rings. The second-order valence-electron chi connectivity index (χ2n) is 8.35. The van der Waals surface area contributed by atoms with Gasteiger partial charge in [0.15, 0.2) is 5.13 Å². The molecule has 0 unspecified atom stereocenters. The first-order valence-electron chi connectivity index (χ1n) is 11.1. The van der Waals surface area contributed by atoms with Crippen LogP contribution in [0.1, 0.15) is 32.1 Å². The minimum atomic E-state index is -0.240. The molecule has 5 rings (SSSR count). The molecule has 34 heavy (non-hydrogen) atoms. The molecule has 0 spiro atoms. The van der Waals surface area contributed by atoms with Crippen molar-refractivity contribution in [2.45, 2.75) is 13.5 Å². The van der Waals surface area contributed by atoms with E-state index in [2.05, 4.69) is 20.2 Å². The number of benzene rings is 1. The monoisotopic (exact) mass is 478 g/mol. The first-order valence-corrected chi connectivity index (χ1v) is 12.0. The number of carbonyl (C=O) groups is 2. The van der Waals surface area contributed by atoms with Gasteiger partial charge < -0.3 is 19.9 Å². The predicted molar refractivity (Wildman–Crippen MR) is 132 cm³/mol. The van der Waals surface area contributed by atoms with E-state index in [9.17, 15) is 9.59 Å². The van der Waals surface area contributed by atoms with Crippen molar-refractivity contribution in [3.8, 4) is 5.75 Å². The van der Waals surface area contributed by atoms with E-state index in [0.29, 0.717) is 28.7 Å². The highest BCUT2D eigenvalue weighted by atomic mass is 32.1. The van der Waals surface area contributed by atoms with Gasteiger partial charge in [-0.15, -0.1) is 11.3 Å². The third kappa shape index (κ3) is 3.99. The van der Waals surface area contributed by atoms with Gasteiger partial charge in [0, 0.05) is 49.9 Å². The second kappa shape index (κ2) is 9.03. The van der Waals surface area contributed by atoms with Gasteiger partial charge in [0.05, 0.1) is 31.2 Å². The zero-order chi connectivity index (χ0) is 23.8. The van der Waals surface area contributed by atoms with Crippen LogP contribution >= 0.6 is 11.3 Å². The number of hydrogen-bond acceptors (Lipinski definition) is 8. The minimum absolute atomic E-state index is 0.122. The molecule has 10 heteroatoms. The molecule has 1 fully saturated rings. The van der Waals surface area contributed by atoms with Gasteiger partial charge in [-0.2, -0.15) is 0 Å². The smallest absolute Gasteiger partial charge is 0.277 e. The van der Waals surface area contributed by atoms with E-state index in [-0.39, 0.29) is 11.8 Å². The normalized spacial score (nSPS) is 15.4.